The van der Waals surface area contributed by atoms with Crippen molar-refractivity contribution in [1.29, 1.82) is 0 Å². The van der Waals surface area contributed by atoms with Crippen LogP contribution in [0, 0.1) is 6.57 Å². The molecule has 0 bridgehead atoms. The molecule has 1 heterocycles. The maximum atomic E-state index is 7.41. The predicted octanol–water partition coefficient (Wildman–Crippen LogP) is 6.16. The third-order valence-electron chi connectivity index (χ3n) is 4.56. The normalized spacial score (nSPS) is 10.9. The number of rotatable bonds is 11. The van der Waals surface area contributed by atoms with Crippen LogP contribution in [-0.2, 0) is 0 Å². The van der Waals surface area contributed by atoms with Gasteiger partial charge >= 0.3 is 0 Å². The highest BCUT2D eigenvalue weighted by Gasteiger charge is 2.16. The Labute approximate surface area is 193 Å². The van der Waals surface area contributed by atoms with E-state index in [1.165, 1.54) is 0 Å². The maximum Gasteiger partial charge on any atom is 0.256 e. The van der Waals surface area contributed by atoms with Crippen molar-refractivity contribution in [1.82, 2.24) is 15.5 Å². The molecule has 1 N–H and O–H groups in total. The highest BCUT2D eigenvalue weighted by molar-refractivity contribution is 6.33. The van der Waals surface area contributed by atoms with Crippen molar-refractivity contribution in [2.24, 2.45) is 0 Å². The number of aromatic nitrogens is 2. The van der Waals surface area contributed by atoms with Crippen LogP contribution in [0.3, 0.4) is 0 Å². The zero-order valence-electron chi connectivity index (χ0n) is 18.5. The molecule has 0 radical (unpaired) electrons. The summed E-state index contributed by atoms with van der Waals surface area (Å²) in [6.07, 6.45) is 2.00. The van der Waals surface area contributed by atoms with E-state index in [1.807, 2.05) is 26.0 Å². The van der Waals surface area contributed by atoms with Gasteiger partial charge in [-0.15, -0.1) is 0 Å². The number of unbranched alkanes of at least 4 members (excludes halogenated alkanes) is 1. The fraction of sp³-hybridized carbons (Fsp3) is 0.375. The molecule has 3 rings (SSSR count). The van der Waals surface area contributed by atoms with Crippen molar-refractivity contribution in [3.05, 3.63) is 52.8 Å². The van der Waals surface area contributed by atoms with Crippen molar-refractivity contribution in [2.45, 2.75) is 39.7 Å². The molecule has 2 aromatic carbocycles. The summed E-state index contributed by atoms with van der Waals surface area (Å²) in [6.45, 7) is 15.9. The van der Waals surface area contributed by atoms with Crippen LogP contribution in [0.4, 0.5) is 5.69 Å². The molecule has 0 aliphatic carbocycles. The minimum Gasteiger partial charge on any atom is -0.502 e. The fourth-order valence-corrected chi connectivity index (χ4v) is 3.28. The first-order valence-electron chi connectivity index (χ1n) is 10.7. The summed E-state index contributed by atoms with van der Waals surface area (Å²) in [5.41, 5.74) is 1.67. The zero-order chi connectivity index (χ0) is 22.9. The van der Waals surface area contributed by atoms with E-state index in [-0.39, 0.29) is 6.10 Å². The molecule has 7 nitrogen and oxygen atoms in total. The first-order chi connectivity index (χ1) is 15.5. The van der Waals surface area contributed by atoms with Crippen LogP contribution < -0.4 is 14.8 Å². The van der Waals surface area contributed by atoms with Crippen molar-refractivity contribution < 1.29 is 14.0 Å². The Balaban J connectivity index is 1.69. The van der Waals surface area contributed by atoms with Gasteiger partial charge in [-0.3, -0.25) is 0 Å². The third kappa shape index (κ3) is 6.22. The molecular formula is C24H27ClN4O3. The van der Waals surface area contributed by atoms with Crippen LogP contribution in [0.1, 0.15) is 33.6 Å². The van der Waals surface area contributed by atoms with E-state index in [1.54, 1.807) is 24.3 Å². The summed E-state index contributed by atoms with van der Waals surface area (Å²) in [4.78, 5) is 8.00. The van der Waals surface area contributed by atoms with E-state index < -0.39 is 0 Å². The standard InChI is InChI=1S/C24H27ClN4O3/c1-5-27-12-6-7-13-30-18-9-10-19(20(25)15-18)23-28-24(32-29-23)17-8-11-22(31-16(2)3)21(14-17)26-4/h8-11,14-16,27H,5-7,12-13H2,1-3H3. The molecule has 0 amide bonds. The van der Waals surface area contributed by atoms with Crippen molar-refractivity contribution in [2.75, 3.05) is 19.7 Å². The second kappa shape index (κ2) is 11.5. The van der Waals surface area contributed by atoms with E-state index in [2.05, 4.69) is 27.2 Å². The fourth-order valence-electron chi connectivity index (χ4n) is 3.03. The number of hydrogen-bond donors (Lipinski definition) is 1. The van der Waals surface area contributed by atoms with E-state index in [9.17, 15) is 0 Å². The SMILES string of the molecule is [C-]#[N+]c1cc(-c2nc(-c3ccc(OCCCCNCC)cc3Cl)no2)ccc1OC(C)C. The third-order valence-corrected chi connectivity index (χ3v) is 4.88. The van der Waals surface area contributed by atoms with Crippen LogP contribution in [-0.4, -0.2) is 35.9 Å². The molecule has 168 valence electrons. The Morgan fingerprint density at radius 2 is 2.03 bits per heavy atom. The van der Waals surface area contributed by atoms with Gasteiger partial charge in [0.05, 0.1) is 24.3 Å². The van der Waals surface area contributed by atoms with Crippen molar-refractivity contribution in [3.8, 4) is 34.3 Å². The van der Waals surface area contributed by atoms with Gasteiger partial charge in [0.2, 0.25) is 11.5 Å². The Kier molecular flexibility index (Phi) is 8.48. The van der Waals surface area contributed by atoms with Gasteiger partial charge < -0.3 is 19.3 Å². The molecular weight excluding hydrogens is 428 g/mol. The molecule has 32 heavy (non-hydrogen) atoms. The minimum absolute atomic E-state index is 0.0245. The molecule has 0 aliphatic heterocycles. The van der Waals surface area contributed by atoms with E-state index in [0.29, 0.717) is 51.7 Å². The van der Waals surface area contributed by atoms with Gasteiger partial charge in [0.1, 0.15) is 11.5 Å². The molecule has 0 unspecified atom stereocenters. The van der Waals surface area contributed by atoms with Crippen LogP contribution in [0.2, 0.25) is 5.02 Å². The number of hydrogen-bond acceptors (Lipinski definition) is 6. The number of nitrogens with one attached hydrogen (secondary N) is 1. The lowest BCUT2D eigenvalue weighted by Crippen LogP contribution is -2.14. The summed E-state index contributed by atoms with van der Waals surface area (Å²) in [5.74, 6) is 1.90. The molecule has 1 aromatic heterocycles. The van der Waals surface area contributed by atoms with Gasteiger partial charge in [-0.05, 0) is 76.2 Å². The second-order valence-electron chi connectivity index (χ2n) is 7.43. The minimum atomic E-state index is -0.0245. The molecule has 0 atom stereocenters. The summed E-state index contributed by atoms with van der Waals surface area (Å²) >= 11 is 6.45. The van der Waals surface area contributed by atoms with E-state index in [0.717, 1.165) is 25.9 Å². The molecule has 0 saturated heterocycles. The Morgan fingerprint density at radius 3 is 2.75 bits per heavy atom. The summed E-state index contributed by atoms with van der Waals surface area (Å²) < 4.78 is 16.9. The van der Waals surface area contributed by atoms with E-state index >= 15 is 0 Å². The number of benzene rings is 2. The average Bonchev–Trinajstić information content (AvgIpc) is 3.26. The van der Waals surface area contributed by atoms with Gasteiger partial charge in [0, 0.05) is 11.1 Å². The topological polar surface area (TPSA) is 73.8 Å². The smallest absolute Gasteiger partial charge is 0.256 e. The molecule has 0 aliphatic rings. The zero-order valence-corrected chi connectivity index (χ0v) is 19.3. The van der Waals surface area contributed by atoms with Gasteiger partial charge in [-0.2, -0.15) is 4.98 Å². The van der Waals surface area contributed by atoms with Gasteiger partial charge in [-0.25, -0.2) is 4.85 Å². The predicted molar refractivity (Wildman–Crippen MR) is 125 cm³/mol. The second-order valence-corrected chi connectivity index (χ2v) is 7.84. The number of nitrogens with zero attached hydrogens (tertiary/aromatic N) is 3. The number of ether oxygens (including phenoxy) is 2. The molecule has 3 aromatic rings. The molecule has 8 heteroatoms. The van der Waals surface area contributed by atoms with Gasteiger partial charge in [0.25, 0.3) is 5.89 Å². The highest BCUT2D eigenvalue weighted by atomic mass is 35.5. The lowest BCUT2D eigenvalue weighted by Gasteiger charge is -2.11. The van der Waals surface area contributed by atoms with Gasteiger partial charge in [0.15, 0.2) is 0 Å². The Morgan fingerprint density at radius 1 is 1.19 bits per heavy atom. The average molecular weight is 455 g/mol. The summed E-state index contributed by atoms with van der Waals surface area (Å²) in [5, 5.41) is 7.83. The first-order valence-corrected chi connectivity index (χ1v) is 11.0. The maximum absolute atomic E-state index is 7.41. The van der Waals surface area contributed by atoms with Gasteiger partial charge in [-0.1, -0.05) is 23.7 Å². The summed E-state index contributed by atoms with van der Waals surface area (Å²) in [7, 11) is 0. The lowest BCUT2D eigenvalue weighted by atomic mass is 10.1. The lowest BCUT2D eigenvalue weighted by molar-refractivity contribution is 0.244. The molecule has 0 saturated carbocycles. The van der Waals surface area contributed by atoms with Crippen molar-refractivity contribution >= 4 is 17.3 Å². The Hall–Kier alpha value is -3.08. The van der Waals surface area contributed by atoms with Crippen LogP contribution in [0.25, 0.3) is 27.7 Å². The Bertz CT molecular complexity index is 1080. The van der Waals surface area contributed by atoms with Crippen LogP contribution in [0.15, 0.2) is 40.9 Å². The molecule has 0 spiro atoms. The number of halogens is 1. The highest BCUT2D eigenvalue weighted by Crippen LogP contribution is 2.35. The molecule has 0 fully saturated rings. The van der Waals surface area contributed by atoms with Crippen molar-refractivity contribution in [3.63, 3.8) is 0 Å². The van der Waals surface area contributed by atoms with Crippen LogP contribution >= 0.6 is 11.6 Å². The summed E-state index contributed by atoms with van der Waals surface area (Å²) in [6, 6.07) is 10.6. The quantitative estimate of drug-likeness (QED) is 0.276. The first kappa shape index (κ1) is 23.6. The largest absolute Gasteiger partial charge is 0.502 e. The van der Waals surface area contributed by atoms with Crippen LogP contribution in [0.5, 0.6) is 11.5 Å². The monoisotopic (exact) mass is 454 g/mol. The van der Waals surface area contributed by atoms with E-state index in [4.69, 9.17) is 32.2 Å².